The molecule has 0 radical (unpaired) electrons. The standard InChI is InChI=1S/C17H18FNO5S/c1-2-24-14-5-3-4-12(10-14)8-9-19-25(22,23)16-11-13(17(20)21)6-7-15(16)18/h3-7,10-11,19H,2,8-9H2,1H3,(H,20,21)/p-1. The third-order valence-corrected chi connectivity index (χ3v) is 4.85. The first kappa shape index (κ1) is 18.9. The first-order chi connectivity index (χ1) is 11.8. The zero-order valence-electron chi connectivity index (χ0n) is 13.5. The SMILES string of the molecule is CCOc1cccc(CCNS(=O)(=O)c2cc(C(=O)[O-])ccc2F)c1. The molecule has 134 valence electrons. The highest BCUT2D eigenvalue weighted by Gasteiger charge is 2.19. The van der Waals surface area contributed by atoms with Gasteiger partial charge < -0.3 is 14.6 Å². The largest absolute Gasteiger partial charge is 0.545 e. The van der Waals surface area contributed by atoms with Crippen LogP contribution in [-0.2, 0) is 16.4 Å². The second-order valence-electron chi connectivity index (χ2n) is 5.16. The van der Waals surface area contributed by atoms with Crippen LogP contribution in [0.25, 0.3) is 0 Å². The third kappa shape index (κ3) is 5.01. The van der Waals surface area contributed by atoms with Crippen molar-refractivity contribution in [2.75, 3.05) is 13.2 Å². The monoisotopic (exact) mass is 366 g/mol. The van der Waals surface area contributed by atoms with E-state index in [0.717, 1.165) is 23.8 Å². The second-order valence-corrected chi connectivity index (χ2v) is 6.90. The molecule has 0 atom stereocenters. The summed E-state index contributed by atoms with van der Waals surface area (Å²) in [5, 5.41) is 10.8. The highest BCUT2D eigenvalue weighted by atomic mass is 32.2. The molecule has 2 rings (SSSR count). The smallest absolute Gasteiger partial charge is 0.243 e. The highest BCUT2D eigenvalue weighted by molar-refractivity contribution is 7.89. The molecule has 0 saturated carbocycles. The molecular weight excluding hydrogens is 349 g/mol. The van der Waals surface area contributed by atoms with Gasteiger partial charge in [0.25, 0.3) is 0 Å². The Morgan fingerprint density at radius 3 is 2.68 bits per heavy atom. The number of hydrogen-bond acceptors (Lipinski definition) is 5. The van der Waals surface area contributed by atoms with Gasteiger partial charge >= 0.3 is 0 Å². The number of nitrogens with one attached hydrogen (secondary N) is 1. The molecule has 0 saturated heterocycles. The Morgan fingerprint density at radius 1 is 1.24 bits per heavy atom. The average molecular weight is 366 g/mol. The van der Waals surface area contributed by atoms with Gasteiger partial charge in [0.05, 0.1) is 12.6 Å². The van der Waals surface area contributed by atoms with Crippen LogP contribution >= 0.6 is 0 Å². The number of rotatable bonds is 8. The molecule has 0 bridgehead atoms. The second kappa shape index (κ2) is 8.09. The van der Waals surface area contributed by atoms with E-state index in [9.17, 15) is 22.7 Å². The van der Waals surface area contributed by atoms with Gasteiger partial charge in [-0.3, -0.25) is 0 Å². The molecule has 8 heteroatoms. The molecule has 0 amide bonds. The molecule has 0 aliphatic heterocycles. The topological polar surface area (TPSA) is 95.5 Å². The molecule has 0 aliphatic carbocycles. The van der Waals surface area contributed by atoms with Crippen molar-refractivity contribution >= 4 is 16.0 Å². The lowest BCUT2D eigenvalue weighted by molar-refractivity contribution is -0.255. The lowest BCUT2D eigenvalue weighted by Crippen LogP contribution is -2.28. The van der Waals surface area contributed by atoms with E-state index in [1.54, 1.807) is 18.2 Å². The van der Waals surface area contributed by atoms with Crippen molar-refractivity contribution in [2.45, 2.75) is 18.2 Å². The fourth-order valence-electron chi connectivity index (χ4n) is 2.20. The summed E-state index contributed by atoms with van der Waals surface area (Å²) < 4.78 is 45.8. The number of ether oxygens (including phenoxy) is 1. The van der Waals surface area contributed by atoms with E-state index < -0.39 is 32.3 Å². The van der Waals surface area contributed by atoms with Crippen LogP contribution in [0.5, 0.6) is 5.75 Å². The van der Waals surface area contributed by atoms with Crippen molar-refractivity contribution in [1.82, 2.24) is 4.72 Å². The minimum absolute atomic E-state index is 0.0207. The van der Waals surface area contributed by atoms with Crippen molar-refractivity contribution in [2.24, 2.45) is 0 Å². The number of hydrogen-bond donors (Lipinski definition) is 1. The number of carbonyl (C=O) groups is 1. The van der Waals surface area contributed by atoms with E-state index >= 15 is 0 Å². The molecular formula is C17H17FNO5S-. The van der Waals surface area contributed by atoms with Gasteiger partial charge in [0, 0.05) is 6.54 Å². The van der Waals surface area contributed by atoms with E-state index in [1.165, 1.54) is 0 Å². The maximum absolute atomic E-state index is 13.8. The Balaban J connectivity index is 2.08. The van der Waals surface area contributed by atoms with Crippen LogP contribution in [0.4, 0.5) is 4.39 Å². The molecule has 2 aromatic carbocycles. The lowest BCUT2D eigenvalue weighted by atomic mass is 10.1. The number of carbonyl (C=O) groups excluding carboxylic acids is 1. The van der Waals surface area contributed by atoms with E-state index in [0.29, 0.717) is 18.8 Å². The number of carboxylic acid groups (broad SMARTS) is 1. The first-order valence-corrected chi connectivity index (χ1v) is 9.04. The van der Waals surface area contributed by atoms with Crippen LogP contribution < -0.4 is 14.6 Å². The van der Waals surface area contributed by atoms with E-state index in [-0.39, 0.29) is 6.54 Å². The minimum atomic E-state index is -4.18. The fourth-order valence-corrected chi connectivity index (χ4v) is 3.33. The molecule has 0 aliphatic rings. The summed E-state index contributed by atoms with van der Waals surface area (Å²) in [4.78, 5) is 10.1. The Hall–Kier alpha value is -2.45. The van der Waals surface area contributed by atoms with Gasteiger partial charge in [0.1, 0.15) is 16.5 Å². The number of sulfonamides is 1. The van der Waals surface area contributed by atoms with Crippen LogP contribution in [0.2, 0.25) is 0 Å². The normalized spacial score (nSPS) is 11.3. The van der Waals surface area contributed by atoms with Crippen molar-refractivity contribution < 1.29 is 27.4 Å². The fraction of sp³-hybridized carbons (Fsp3) is 0.235. The van der Waals surface area contributed by atoms with E-state index in [1.807, 2.05) is 13.0 Å². The summed E-state index contributed by atoms with van der Waals surface area (Å²) in [5.41, 5.74) is 0.434. The maximum atomic E-state index is 13.8. The van der Waals surface area contributed by atoms with Gasteiger partial charge in [-0.15, -0.1) is 0 Å². The predicted octanol–water partition coefficient (Wildman–Crippen LogP) is 1.11. The zero-order chi connectivity index (χ0) is 18.4. The zero-order valence-corrected chi connectivity index (χ0v) is 14.3. The van der Waals surface area contributed by atoms with Crippen LogP contribution in [0.3, 0.4) is 0 Å². The number of halogens is 1. The van der Waals surface area contributed by atoms with Gasteiger partial charge in [0.15, 0.2) is 0 Å². The molecule has 0 heterocycles. The van der Waals surface area contributed by atoms with Crippen molar-refractivity contribution in [3.05, 3.63) is 59.4 Å². The summed E-state index contributed by atoms with van der Waals surface area (Å²) >= 11 is 0. The molecule has 1 N–H and O–H groups in total. The van der Waals surface area contributed by atoms with Gasteiger partial charge in [-0.05, 0) is 48.7 Å². The quantitative estimate of drug-likeness (QED) is 0.755. The van der Waals surface area contributed by atoms with Gasteiger partial charge in [-0.25, -0.2) is 17.5 Å². The summed E-state index contributed by atoms with van der Waals surface area (Å²) in [5.74, 6) is -1.93. The van der Waals surface area contributed by atoms with Crippen molar-refractivity contribution in [1.29, 1.82) is 0 Å². The van der Waals surface area contributed by atoms with Crippen LogP contribution in [0.1, 0.15) is 22.8 Å². The third-order valence-electron chi connectivity index (χ3n) is 3.37. The molecule has 0 aromatic heterocycles. The number of benzene rings is 2. The van der Waals surface area contributed by atoms with E-state index in [4.69, 9.17) is 4.74 Å². The maximum Gasteiger partial charge on any atom is 0.243 e. The number of carboxylic acids is 1. The Bertz CT molecular complexity index is 867. The van der Waals surface area contributed by atoms with Crippen LogP contribution in [-0.4, -0.2) is 27.5 Å². The van der Waals surface area contributed by atoms with Gasteiger partial charge in [-0.2, -0.15) is 0 Å². The molecule has 0 spiro atoms. The Morgan fingerprint density at radius 2 is 2.00 bits per heavy atom. The average Bonchev–Trinajstić information content (AvgIpc) is 2.55. The molecule has 2 aromatic rings. The summed E-state index contributed by atoms with van der Waals surface area (Å²) in [6.45, 7) is 2.40. The first-order valence-electron chi connectivity index (χ1n) is 7.56. The van der Waals surface area contributed by atoms with Gasteiger partial charge in [-0.1, -0.05) is 18.2 Å². The molecule has 6 nitrogen and oxygen atoms in total. The van der Waals surface area contributed by atoms with Crippen molar-refractivity contribution in [3.8, 4) is 5.75 Å². The summed E-state index contributed by atoms with van der Waals surface area (Å²) in [6.07, 6.45) is 0.363. The van der Waals surface area contributed by atoms with E-state index in [2.05, 4.69) is 4.72 Å². The Kier molecular flexibility index (Phi) is 6.11. The highest BCUT2D eigenvalue weighted by Crippen LogP contribution is 2.17. The molecule has 25 heavy (non-hydrogen) atoms. The molecule has 0 fully saturated rings. The minimum Gasteiger partial charge on any atom is -0.545 e. The number of aromatic carboxylic acids is 1. The summed E-state index contributed by atoms with van der Waals surface area (Å²) in [6, 6.07) is 9.65. The Labute approximate surface area is 145 Å². The lowest BCUT2D eigenvalue weighted by Gasteiger charge is -2.10. The predicted molar refractivity (Wildman–Crippen MR) is 87.2 cm³/mol. The van der Waals surface area contributed by atoms with Crippen molar-refractivity contribution in [3.63, 3.8) is 0 Å². The van der Waals surface area contributed by atoms with Gasteiger partial charge in [0.2, 0.25) is 10.0 Å². The van der Waals surface area contributed by atoms with Crippen LogP contribution in [0, 0.1) is 5.82 Å². The molecule has 0 unspecified atom stereocenters. The van der Waals surface area contributed by atoms with Crippen LogP contribution in [0.15, 0.2) is 47.4 Å². The summed E-state index contributed by atoms with van der Waals surface area (Å²) in [7, 11) is -4.18.